The summed E-state index contributed by atoms with van der Waals surface area (Å²) in [5, 5.41) is 9.26. The standard InChI is InChI=1S/C17H21NO3/c19-16(14-6-3-7-15(14)17(20)21)18-10-8-12-4-1-2-5-13(12)9-11-18/h1-2,4-5,14-15H,3,6-11H2,(H,20,21)/t14-,15+/m1/s1. The van der Waals surface area contributed by atoms with Crippen molar-refractivity contribution in [3.63, 3.8) is 0 Å². The van der Waals surface area contributed by atoms with Gasteiger partial charge in [-0.25, -0.2) is 0 Å². The molecule has 4 heteroatoms. The summed E-state index contributed by atoms with van der Waals surface area (Å²) in [6.07, 6.45) is 3.94. The second-order valence-corrected chi connectivity index (χ2v) is 6.08. The van der Waals surface area contributed by atoms with Crippen molar-refractivity contribution in [1.29, 1.82) is 0 Å². The molecule has 1 aromatic carbocycles. The molecule has 0 unspecified atom stereocenters. The fourth-order valence-electron chi connectivity index (χ4n) is 3.67. The number of rotatable bonds is 2. The van der Waals surface area contributed by atoms with Gasteiger partial charge in [-0.3, -0.25) is 9.59 Å². The van der Waals surface area contributed by atoms with Crippen LogP contribution < -0.4 is 0 Å². The summed E-state index contributed by atoms with van der Waals surface area (Å²) in [5.41, 5.74) is 2.63. The third-order valence-corrected chi connectivity index (χ3v) is 4.88. The SMILES string of the molecule is O=C(O)[C@H]1CCC[C@H]1C(=O)N1CCc2ccccc2CC1. The Morgan fingerprint density at radius 2 is 1.57 bits per heavy atom. The zero-order valence-corrected chi connectivity index (χ0v) is 12.1. The van der Waals surface area contributed by atoms with Crippen molar-refractivity contribution < 1.29 is 14.7 Å². The lowest BCUT2D eigenvalue weighted by atomic mass is 9.94. The van der Waals surface area contributed by atoms with Crippen molar-refractivity contribution in [2.45, 2.75) is 32.1 Å². The van der Waals surface area contributed by atoms with Gasteiger partial charge >= 0.3 is 5.97 Å². The number of carboxylic acid groups (broad SMARTS) is 1. The van der Waals surface area contributed by atoms with Crippen LogP contribution in [0.5, 0.6) is 0 Å². The molecule has 112 valence electrons. The molecule has 0 spiro atoms. The average Bonchev–Trinajstić information content (AvgIpc) is 2.88. The minimum Gasteiger partial charge on any atom is -0.481 e. The molecule has 1 heterocycles. The second-order valence-electron chi connectivity index (χ2n) is 6.08. The maximum Gasteiger partial charge on any atom is 0.307 e. The first-order valence-electron chi connectivity index (χ1n) is 7.75. The summed E-state index contributed by atoms with van der Waals surface area (Å²) < 4.78 is 0. The highest BCUT2D eigenvalue weighted by Crippen LogP contribution is 2.33. The lowest BCUT2D eigenvalue weighted by Gasteiger charge is -2.25. The largest absolute Gasteiger partial charge is 0.481 e. The molecule has 2 aliphatic rings. The number of fused-ring (bicyclic) bond motifs is 1. The van der Waals surface area contributed by atoms with Crippen molar-refractivity contribution in [3.05, 3.63) is 35.4 Å². The van der Waals surface area contributed by atoms with Gasteiger partial charge in [-0.05, 0) is 36.8 Å². The number of amides is 1. The van der Waals surface area contributed by atoms with E-state index in [1.165, 1.54) is 11.1 Å². The predicted molar refractivity (Wildman–Crippen MR) is 78.9 cm³/mol. The molecule has 1 amide bonds. The van der Waals surface area contributed by atoms with Gasteiger partial charge in [0.05, 0.1) is 11.8 Å². The average molecular weight is 287 g/mol. The third kappa shape index (κ3) is 2.80. The van der Waals surface area contributed by atoms with Crippen molar-refractivity contribution in [2.24, 2.45) is 11.8 Å². The van der Waals surface area contributed by atoms with Gasteiger partial charge in [-0.15, -0.1) is 0 Å². The summed E-state index contributed by atoms with van der Waals surface area (Å²) in [6, 6.07) is 8.32. The number of aliphatic carboxylic acids is 1. The van der Waals surface area contributed by atoms with E-state index in [1.54, 1.807) is 0 Å². The van der Waals surface area contributed by atoms with Crippen molar-refractivity contribution >= 4 is 11.9 Å². The highest BCUT2D eigenvalue weighted by molar-refractivity contribution is 5.85. The van der Waals surface area contributed by atoms with E-state index in [9.17, 15) is 14.7 Å². The maximum atomic E-state index is 12.7. The Hall–Kier alpha value is -1.84. The number of benzene rings is 1. The van der Waals surface area contributed by atoms with Crippen LogP contribution in [0.2, 0.25) is 0 Å². The van der Waals surface area contributed by atoms with Gasteiger partial charge in [0.25, 0.3) is 0 Å². The number of carbonyl (C=O) groups is 2. The lowest BCUT2D eigenvalue weighted by Crippen LogP contribution is -2.40. The number of hydrogen-bond acceptors (Lipinski definition) is 2. The zero-order chi connectivity index (χ0) is 14.8. The van der Waals surface area contributed by atoms with E-state index in [4.69, 9.17) is 0 Å². The smallest absolute Gasteiger partial charge is 0.307 e. The first-order chi connectivity index (χ1) is 10.2. The molecule has 1 aliphatic heterocycles. The Balaban J connectivity index is 1.71. The first-order valence-corrected chi connectivity index (χ1v) is 7.75. The van der Waals surface area contributed by atoms with Crippen LogP contribution in [-0.4, -0.2) is 35.0 Å². The summed E-state index contributed by atoms with van der Waals surface area (Å²) in [7, 11) is 0. The van der Waals surface area contributed by atoms with E-state index in [2.05, 4.69) is 12.1 Å². The van der Waals surface area contributed by atoms with Crippen molar-refractivity contribution in [3.8, 4) is 0 Å². The zero-order valence-electron chi connectivity index (χ0n) is 12.1. The number of carbonyl (C=O) groups excluding carboxylic acids is 1. The monoisotopic (exact) mass is 287 g/mol. The molecule has 1 aliphatic carbocycles. The van der Waals surface area contributed by atoms with Gasteiger partial charge < -0.3 is 10.0 Å². The van der Waals surface area contributed by atoms with Gasteiger partial charge in [-0.1, -0.05) is 30.7 Å². The Kier molecular flexibility index (Phi) is 3.95. The predicted octanol–water partition coefficient (Wildman–Crippen LogP) is 2.11. The van der Waals surface area contributed by atoms with Crippen LogP contribution in [-0.2, 0) is 22.4 Å². The molecule has 0 radical (unpaired) electrons. The van der Waals surface area contributed by atoms with E-state index in [0.29, 0.717) is 19.5 Å². The van der Waals surface area contributed by atoms with Crippen LogP contribution in [0.25, 0.3) is 0 Å². The molecule has 21 heavy (non-hydrogen) atoms. The molecule has 0 saturated heterocycles. The van der Waals surface area contributed by atoms with Gasteiger partial charge in [0.2, 0.25) is 5.91 Å². The second kappa shape index (κ2) is 5.88. The molecule has 4 nitrogen and oxygen atoms in total. The van der Waals surface area contributed by atoms with Gasteiger partial charge in [-0.2, -0.15) is 0 Å². The topological polar surface area (TPSA) is 57.6 Å². The van der Waals surface area contributed by atoms with E-state index >= 15 is 0 Å². The molecule has 1 N–H and O–H groups in total. The molecular weight excluding hydrogens is 266 g/mol. The van der Waals surface area contributed by atoms with Gasteiger partial charge in [0.15, 0.2) is 0 Å². The fourth-order valence-corrected chi connectivity index (χ4v) is 3.67. The first kappa shape index (κ1) is 14.1. The van der Waals surface area contributed by atoms with E-state index in [-0.39, 0.29) is 11.8 Å². The Bertz CT molecular complexity index is 528. The number of nitrogens with zero attached hydrogens (tertiary/aromatic N) is 1. The van der Waals surface area contributed by atoms with E-state index < -0.39 is 11.9 Å². The number of hydrogen-bond donors (Lipinski definition) is 1. The highest BCUT2D eigenvalue weighted by Gasteiger charge is 2.39. The van der Waals surface area contributed by atoms with Crippen LogP contribution in [0.4, 0.5) is 0 Å². The van der Waals surface area contributed by atoms with Crippen LogP contribution in [0, 0.1) is 11.8 Å². The summed E-state index contributed by atoms with van der Waals surface area (Å²) in [6.45, 7) is 1.41. The number of carboxylic acids is 1. The molecule has 1 aromatic rings. The summed E-state index contributed by atoms with van der Waals surface area (Å²) in [5.74, 6) is -1.57. The van der Waals surface area contributed by atoms with E-state index in [1.807, 2.05) is 17.0 Å². The minimum absolute atomic E-state index is 0.0488. The Labute approximate surface area is 124 Å². The third-order valence-electron chi connectivity index (χ3n) is 4.88. The minimum atomic E-state index is -0.816. The van der Waals surface area contributed by atoms with Gasteiger partial charge in [0.1, 0.15) is 0 Å². The van der Waals surface area contributed by atoms with Crippen LogP contribution in [0.15, 0.2) is 24.3 Å². The maximum absolute atomic E-state index is 12.7. The molecule has 1 saturated carbocycles. The molecule has 3 rings (SSSR count). The van der Waals surface area contributed by atoms with Gasteiger partial charge in [0, 0.05) is 13.1 Å². The normalized spacial score (nSPS) is 25.2. The highest BCUT2D eigenvalue weighted by atomic mass is 16.4. The van der Waals surface area contributed by atoms with Crippen molar-refractivity contribution in [2.75, 3.05) is 13.1 Å². The fraction of sp³-hybridized carbons (Fsp3) is 0.529. The summed E-state index contributed by atoms with van der Waals surface area (Å²) in [4.78, 5) is 25.8. The molecular formula is C17H21NO3. The van der Waals surface area contributed by atoms with Crippen LogP contribution >= 0.6 is 0 Å². The van der Waals surface area contributed by atoms with Crippen LogP contribution in [0.3, 0.4) is 0 Å². The molecule has 0 aromatic heterocycles. The molecule has 0 bridgehead atoms. The van der Waals surface area contributed by atoms with E-state index in [0.717, 1.165) is 25.7 Å². The Morgan fingerprint density at radius 3 is 2.14 bits per heavy atom. The molecule has 2 atom stereocenters. The Morgan fingerprint density at radius 1 is 1.00 bits per heavy atom. The van der Waals surface area contributed by atoms with Crippen LogP contribution in [0.1, 0.15) is 30.4 Å². The lowest BCUT2D eigenvalue weighted by molar-refractivity contribution is -0.149. The van der Waals surface area contributed by atoms with Crippen molar-refractivity contribution in [1.82, 2.24) is 4.90 Å². The molecule has 1 fully saturated rings. The quantitative estimate of drug-likeness (QED) is 0.906. The summed E-state index contributed by atoms with van der Waals surface area (Å²) >= 11 is 0.